The van der Waals surface area contributed by atoms with Gasteiger partial charge < -0.3 is 11.5 Å². The first-order valence-corrected chi connectivity index (χ1v) is 7.60. The minimum Gasteiger partial charge on any atom is -0.365 e. The van der Waals surface area contributed by atoms with Crippen LogP contribution in [0.1, 0.15) is 9.67 Å². The zero-order valence-electron chi connectivity index (χ0n) is 12.3. The Balaban J connectivity index is 2.15. The first-order chi connectivity index (χ1) is 11.0. The fourth-order valence-electron chi connectivity index (χ4n) is 2.32. The Morgan fingerprint density at radius 2 is 1.96 bits per heavy atom. The number of urea groups is 1. The Morgan fingerprint density at radius 3 is 2.65 bits per heavy atom. The molecule has 0 spiro atoms. The van der Waals surface area contributed by atoms with Crippen molar-refractivity contribution in [2.75, 3.05) is 11.9 Å². The van der Waals surface area contributed by atoms with Crippen molar-refractivity contribution in [2.45, 2.75) is 0 Å². The summed E-state index contributed by atoms with van der Waals surface area (Å²) in [4.78, 5) is 28.8. The molecular formula is C16H14N4O2S. The number of primary amides is 2. The summed E-state index contributed by atoms with van der Waals surface area (Å²) in [5.41, 5.74) is 13.1. The van der Waals surface area contributed by atoms with Gasteiger partial charge in [-0.25, -0.2) is 4.79 Å². The van der Waals surface area contributed by atoms with Gasteiger partial charge in [-0.3, -0.25) is 14.7 Å². The summed E-state index contributed by atoms with van der Waals surface area (Å²) in [7, 11) is 1.61. The van der Waals surface area contributed by atoms with Crippen LogP contribution >= 0.6 is 11.3 Å². The summed E-state index contributed by atoms with van der Waals surface area (Å²) < 4.78 is 0.880. The first kappa shape index (κ1) is 15.0. The molecule has 0 atom stereocenters. The predicted molar refractivity (Wildman–Crippen MR) is 91.6 cm³/mol. The third kappa shape index (κ3) is 2.74. The molecule has 0 aliphatic carbocycles. The number of amides is 3. The van der Waals surface area contributed by atoms with Crippen LogP contribution in [0.5, 0.6) is 0 Å². The highest BCUT2D eigenvalue weighted by Crippen LogP contribution is 2.34. The lowest BCUT2D eigenvalue weighted by Gasteiger charge is -2.15. The largest absolute Gasteiger partial charge is 0.365 e. The molecule has 0 aliphatic rings. The molecule has 23 heavy (non-hydrogen) atoms. The molecule has 3 rings (SSSR count). The van der Waals surface area contributed by atoms with Crippen LogP contribution in [-0.2, 0) is 0 Å². The number of thiophene rings is 1. The van der Waals surface area contributed by atoms with Gasteiger partial charge in [0, 0.05) is 36.1 Å². The van der Waals surface area contributed by atoms with Crippen molar-refractivity contribution in [3.05, 3.63) is 47.6 Å². The Kier molecular flexibility index (Phi) is 3.71. The van der Waals surface area contributed by atoms with Crippen LogP contribution in [0.25, 0.3) is 21.2 Å². The van der Waals surface area contributed by atoms with Gasteiger partial charge in [0.1, 0.15) is 0 Å². The summed E-state index contributed by atoms with van der Waals surface area (Å²) in [6.07, 6.45) is 3.43. The molecule has 0 bridgehead atoms. The molecule has 0 fully saturated rings. The molecule has 4 N–H and O–H groups in total. The zero-order chi connectivity index (χ0) is 16.6. The molecule has 1 aromatic carbocycles. The molecule has 2 aromatic heterocycles. The maximum Gasteiger partial charge on any atom is 0.318 e. The van der Waals surface area contributed by atoms with Gasteiger partial charge in [-0.05, 0) is 23.8 Å². The van der Waals surface area contributed by atoms with Gasteiger partial charge in [0.15, 0.2) is 0 Å². The quantitative estimate of drug-likeness (QED) is 0.773. The molecule has 6 nitrogen and oxygen atoms in total. The van der Waals surface area contributed by atoms with Gasteiger partial charge in [0.25, 0.3) is 5.91 Å². The van der Waals surface area contributed by atoms with E-state index in [9.17, 15) is 9.59 Å². The maximum atomic E-state index is 11.4. The minimum absolute atomic E-state index is 0.459. The Hall–Kier alpha value is -2.93. The summed E-state index contributed by atoms with van der Waals surface area (Å²) in [5, 5.41) is 0.901. The van der Waals surface area contributed by atoms with Crippen LogP contribution in [-0.4, -0.2) is 24.0 Å². The summed E-state index contributed by atoms with van der Waals surface area (Å²) in [6, 6.07) is 8.63. The average Bonchev–Trinajstić information content (AvgIpc) is 2.98. The fraction of sp³-hybridized carbons (Fsp3) is 0.0625. The van der Waals surface area contributed by atoms with Gasteiger partial charge in [-0.2, -0.15) is 0 Å². The van der Waals surface area contributed by atoms with Crippen LogP contribution < -0.4 is 16.4 Å². The number of pyridine rings is 1. The van der Waals surface area contributed by atoms with E-state index in [2.05, 4.69) is 4.98 Å². The van der Waals surface area contributed by atoms with Crippen molar-refractivity contribution < 1.29 is 9.59 Å². The lowest BCUT2D eigenvalue weighted by atomic mass is 10.0. The van der Waals surface area contributed by atoms with E-state index in [1.165, 1.54) is 16.2 Å². The van der Waals surface area contributed by atoms with Gasteiger partial charge in [-0.1, -0.05) is 12.1 Å². The predicted octanol–water partition coefficient (Wildman–Crippen LogP) is 2.58. The van der Waals surface area contributed by atoms with Crippen LogP contribution in [0.2, 0.25) is 0 Å². The van der Waals surface area contributed by atoms with E-state index in [0.717, 1.165) is 21.2 Å². The second-order valence-corrected chi connectivity index (χ2v) is 6.11. The molecule has 0 unspecified atom stereocenters. The lowest BCUT2D eigenvalue weighted by Crippen LogP contribution is -2.31. The number of anilines is 1. The number of fused-ring (bicyclic) bond motifs is 1. The zero-order valence-corrected chi connectivity index (χ0v) is 13.1. The number of hydrogen-bond donors (Lipinski definition) is 2. The minimum atomic E-state index is -0.537. The molecule has 0 saturated carbocycles. The number of carbonyl (C=O) groups is 2. The number of aromatic nitrogens is 1. The monoisotopic (exact) mass is 326 g/mol. The van der Waals surface area contributed by atoms with E-state index in [4.69, 9.17) is 11.5 Å². The van der Waals surface area contributed by atoms with Crippen LogP contribution in [0, 0.1) is 0 Å². The van der Waals surface area contributed by atoms with Gasteiger partial charge >= 0.3 is 6.03 Å². The highest BCUT2D eigenvalue weighted by atomic mass is 32.1. The number of benzene rings is 1. The molecule has 7 heteroatoms. The molecule has 2 heterocycles. The van der Waals surface area contributed by atoms with Crippen molar-refractivity contribution in [3.8, 4) is 11.1 Å². The highest BCUT2D eigenvalue weighted by molar-refractivity contribution is 7.20. The smallest absolute Gasteiger partial charge is 0.318 e. The highest BCUT2D eigenvalue weighted by Gasteiger charge is 2.13. The number of nitrogens with zero attached hydrogens (tertiary/aromatic N) is 2. The van der Waals surface area contributed by atoms with E-state index in [0.29, 0.717) is 10.6 Å². The van der Waals surface area contributed by atoms with Crippen molar-refractivity contribution in [1.29, 1.82) is 0 Å². The normalized spacial score (nSPS) is 10.7. The van der Waals surface area contributed by atoms with Crippen molar-refractivity contribution >= 4 is 39.0 Å². The number of hydrogen-bond acceptors (Lipinski definition) is 4. The standard InChI is InChI=1S/C16H14N4O2S/c1-20(16(18)22)10-4-2-3-9(5-10)12-7-19-8-14-11(12)6-13(23-14)15(17)21/h2-8H,1H3,(H2,17,21)(H2,18,22). The first-order valence-electron chi connectivity index (χ1n) is 6.78. The van der Waals surface area contributed by atoms with E-state index in [1.54, 1.807) is 31.6 Å². The third-order valence-corrected chi connectivity index (χ3v) is 4.65. The molecule has 3 amide bonds. The Bertz CT molecular complexity index is 919. The third-order valence-electron chi connectivity index (χ3n) is 3.56. The second kappa shape index (κ2) is 5.69. The number of nitrogens with two attached hydrogens (primary N) is 2. The topological polar surface area (TPSA) is 102 Å². The maximum absolute atomic E-state index is 11.4. The SMILES string of the molecule is CN(C(N)=O)c1cccc(-c2cncc3sc(C(N)=O)cc23)c1. The summed E-state index contributed by atoms with van der Waals surface area (Å²) in [6.45, 7) is 0. The molecule has 116 valence electrons. The van der Waals surface area contributed by atoms with Gasteiger partial charge in [0.2, 0.25) is 0 Å². The molecule has 0 aliphatic heterocycles. The van der Waals surface area contributed by atoms with Crippen LogP contribution in [0.15, 0.2) is 42.7 Å². The number of carbonyl (C=O) groups excluding carboxylic acids is 2. The van der Waals surface area contributed by atoms with Crippen molar-refractivity contribution in [2.24, 2.45) is 11.5 Å². The van der Waals surface area contributed by atoms with Crippen LogP contribution in [0.3, 0.4) is 0 Å². The van der Waals surface area contributed by atoms with Crippen molar-refractivity contribution in [1.82, 2.24) is 4.98 Å². The van der Waals surface area contributed by atoms with Gasteiger partial charge in [-0.15, -0.1) is 11.3 Å². The molecule has 3 aromatic rings. The van der Waals surface area contributed by atoms with E-state index < -0.39 is 11.9 Å². The average molecular weight is 326 g/mol. The Morgan fingerprint density at radius 1 is 1.17 bits per heavy atom. The summed E-state index contributed by atoms with van der Waals surface area (Å²) >= 11 is 1.31. The number of rotatable bonds is 3. The lowest BCUT2D eigenvalue weighted by molar-refractivity contribution is 0.100. The van der Waals surface area contributed by atoms with E-state index >= 15 is 0 Å². The van der Waals surface area contributed by atoms with E-state index in [-0.39, 0.29) is 0 Å². The van der Waals surface area contributed by atoms with Crippen molar-refractivity contribution in [3.63, 3.8) is 0 Å². The molecular weight excluding hydrogens is 312 g/mol. The second-order valence-electron chi connectivity index (χ2n) is 5.02. The Labute approximate surface area is 136 Å². The summed E-state index contributed by atoms with van der Waals surface area (Å²) in [5.74, 6) is -0.459. The molecule has 0 radical (unpaired) electrons. The van der Waals surface area contributed by atoms with Crippen LogP contribution in [0.4, 0.5) is 10.5 Å². The molecule has 0 saturated heterocycles. The van der Waals surface area contributed by atoms with Gasteiger partial charge in [0.05, 0.1) is 9.58 Å². The fourth-order valence-corrected chi connectivity index (χ4v) is 3.23. The van der Waals surface area contributed by atoms with E-state index in [1.807, 2.05) is 18.2 Å².